The first-order valence-electron chi connectivity index (χ1n) is 8.23. The van der Waals surface area contributed by atoms with E-state index in [1.165, 1.54) is 6.33 Å². The predicted molar refractivity (Wildman–Crippen MR) is 102 cm³/mol. The van der Waals surface area contributed by atoms with Gasteiger partial charge in [0.2, 0.25) is 0 Å². The summed E-state index contributed by atoms with van der Waals surface area (Å²) in [7, 11) is 0. The smallest absolute Gasteiger partial charge is 0.137 e. The van der Waals surface area contributed by atoms with Crippen LogP contribution in [-0.2, 0) is 13.0 Å². The summed E-state index contributed by atoms with van der Waals surface area (Å²) >= 11 is 12.3. The van der Waals surface area contributed by atoms with Gasteiger partial charge in [-0.05, 0) is 54.3 Å². The average molecular weight is 392 g/mol. The number of hydrogen-bond donors (Lipinski definition) is 1. The van der Waals surface area contributed by atoms with Crippen molar-refractivity contribution in [1.82, 2.24) is 14.8 Å². The number of benzene rings is 2. The molecule has 0 fully saturated rings. The molecule has 0 spiro atoms. The van der Waals surface area contributed by atoms with Crippen molar-refractivity contribution in [2.45, 2.75) is 26.0 Å². The molecule has 1 heterocycles. The van der Waals surface area contributed by atoms with Gasteiger partial charge in [0.25, 0.3) is 0 Å². The number of aliphatic hydroxyl groups excluding tert-OH is 1. The van der Waals surface area contributed by atoms with Crippen LogP contribution in [0.2, 0.25) is 10.0 Å². The largest absolute Gasteiger partial charge is 0.457 e. The van der Waals surface area contributed by atoms with E-state index in [2.05, 4.69) is 10.1 Å². The summed E-state index contributed by atoms with van der Waals surface area (Å²) < 4.78 is 7.40. The number of hydrogen-bond acceptors (Lipinski definition) is 4. The maximum absolute atomic E-state index is 10.3. The first-order chi connectivity index (χ1) is 12.5. The Morgan fingerprint density at radius 1 is 1.12 bits per heavy atom. The van der Waals surface area contributed by atoms with Gasteiger partial charge in [-0.2, -0.15) is 5.10 Å². The van der Waals surface area contributed by atoms with Crippen LogP contribution in [-0.4, -0.2) is 26.0 Å². The minimum Gasteiger partial charge on any atom is -0.457 e. The van der Waals surface area contributed by atoms with Crippen molar-refractivity contribution in [3.05, 3.63) is 70.7 Å². The summed E-state index contributed by atoms with van der Waals surface area (Å²) in [5.41, 5.74) is 0.959. The van der Waals surface area contributed by atoms with Gasteiger partial charge < -0.3 is 9.84 Å². The van der Waals surface area contributed by atoms with E-state index in [1.54, 1.807) is 41.3 Å². The molecule has 0 saturated heterocycles. The number of halogens is 2. The van der Waals surface area contributed by atoms with Gasteiger partial charge in [0.1, 0.15) is 24.2 Å². The molecule has 3 rings (SSSR count). The molecule has 0 saturated carbocycles. The molecule has 136 valence electrons. The second-order valence-electron chi connectivity index (χ2n) is 6.18. The van der Waals surface area contributed by atoms with Crippen molar-refractivity contribution >= 4 is 23.2 Å². The van der Waals surface area contributed by atoms with Crippen LogP contribution in [0.3, 0.4) is 0 Å². The predicted octanol–water partition coefficient (Wildman–Crippen LogP) is 4.62. The average Bonchev–Trinajstić information content (AvgIpc) is 3.12. The Hall–Kier alpha value is -2.08. The van der Waals surface area contributed by atoms with Crippen molar-refractivity contribution in [3.63, 3.8) is 0 Å². The van der Waals surface area contributed by atoms with Crippen molar-refractivity contribution in [3.8, 4) is 11.5 Å². The van der Waals surface area contributed by atoms with Crippen molar-refractivity contribution in [2.75, 3.05) is 0 Å². The molecule has 1 aromatic heterocycles. The van der Waals surface area contributed by atoms with Crippen molar-refractivity contribution in [2.24, 2.45) is 5.92 Å². The van der Waals surface area contributed by atoms with E-state index < -0.39 is 6.10 Å². The van der Waals surface area contributed by atoms with Crippen LogP contribution in [0.4, 0.5) is 0 Å². The van der Waals surface area contributed by atoms with Crippen molar-refractivity contribution in [1.29, 1.82) is 0 Å². The second kappa shape index (κ2) is 8.54. The lowest BCUT2D eigenvalue weighted by Crippen LogP contribution is -2.25. The number of aromatic nitrogens is 3. The van der Waals surface area contributed by atoms with Crippen LogP contribution < -0.4 is 4.74 Å². The number of ether oxygens (including phenoxy) is 1. The van der Waals surface area contributed by atoms with E-state index >= 15 is 0 Å². The first kappa shape index (κ1) is 18.7. The summed E-state index contributed by atoms with van der Waals surface area (Å²) in [6, 6.07) is 12.7. The van der Waals surface area contributed by atoms with Crippen LogP contribution in [0, 0.1) is 5.92 Å². The lowest BCUT2D eigenvalue weighted by Gasteiger charge is -2.19. The van der Waals surface area contributed by atoms with Crippen LogP contribution in [0.1, 0.15) is 12.5 Å². The molecule has 1 N–H and O–H groups in total. The van der Waals surface area contributed by atoms with Gasteiger partial charge in [-0.1, -0.05) is 36.2 Å². The highest BCUT2D eigenvalue weighted by Gasteiger charge is 2.17. The SMILES string of the molecule is CC(Cc1ccc(Oc2ccc(Cl)cc2)cc1Cl)C(O)Cn1cncn1. The molecule has 0 aliphatic carbocycles. The second-order valence-corrected chi connectivity index (χ2v) is 7.02. The van der Waals surface area contributed by atoms with E-state index in [1.807, 2.05) is 19.1 Å². The van der Waals surface area contributed by atoms with E-state index in [0.29, 0.717) is 34.5 Å². The Morgan fingerprint density at radius 2 is 1.85 bits per heavy atom. The zero-order valence-electron chi connectivity index (χ0n) is 14.2. The van der Waals surface area contributed by atoms with Crippen molar-refractivity contribution < 1.29 is 9.84 Å². The summed E-state index contributed by atoms with van der Waals surface area (Å²) in [5, 5.41) is 15.6. The zero-order valence-corrected chi connectivity index (χ0v) is 15.7. The Labute approximate surface area is 162 Å². The third kappa shape index (κ3) is 4.97. The third-order valence-electron chi connectivity index (χ3n) is 4.11. The molecular formula is C19H19Cl2N3O2. The van der Waals surface area contributed by atoms with Crippen LogP contribution in [0.5, 0.6) is 11.5 Å². The molecule has 0 radical (unpaired) electrons. The first-order valence-corrected chi connectivity index (χ1v) is 8.99. The molecule has 26 heavy (non-hydrogen) atoms. The van der Waals surface area contributed by atoms with Crippen LogP contribution >= 0.6 is 23.2 Å². The number of rotatable bonds is 7. The highest BCUT2D eigenvalue weighted by molar-refractivity contribution is 6.31. The van der Waals surface area contributed by atoms with Crippen LogP contribution in [0.15, 0.2) is 55.1 Å². The molecule has 0 amide bonds. The van der Waals surface area contributed by atoms with Gasteiger partial charge in [-0.25, -0.2) is 4.98 Å². The van der Waals surface area contributed by atoms with Gasteiger partial charge >= 0.3 is 0 Å². The fourth-order valence-corrected chi connectivity index (χ4v) is 2.95. The summed E-state index contributed by atoms with van der Waals surface area (Å²) in [4.78, 5) is 3.88. The molecule has 2 atom stereocenters. The minimum absolute atomic E-state index is 0.0136. The van der Waals surface area contributed by atoms with Gasteiger partial charge in [-0.3, -0.25) is 4.68 Å². The van der Waals surface area contributed by atoms with Gasteiger partial charge in [0, 0.05) is 10.0 Å². The summed E-state index contributed by atoms with van der Waals surface area (Å²) in [6.45, 7) is 2.38. The van der Waals surface area contributed by atoms with E-state index in [-0.39, 0.29) is 5.92 Å². The molecule has 2 unspecified atom stereocenters. The van der Waals surface area contributed by atoms with E-state index in [0.717, 1.165) is 5.56 Å². The molecule has 5 nitrogen and oxygen atoms in total. The van der Waals surface area contributed by atoms with Crippen LogP contribution in [0.25, 0.3) is 0 Å². The van der Waals surface area contributed by atoms with Gasteiger partial charge in [-0.15, -0.1) is 0 Å². The number of aliphatic hydroxyl groups is 1. The molecule has 3 aromatic rings. The lowest BCUT2D eigenvalue weighted by atomic mass is 9.95. The fraction of sp³-hybridized carbons (Fsp3) is 0.263. The topological polar surface area (TPSA) is 60.2 Å². The van der Waals surface area contributed by atoms with E-state index in [9.17, 15) is 5.11 Å². The lowest BCUT2D eigenvalue weighted by molar-refractivity contribution is 0.0946. The highest BCUT2D eigenvalue weighted by atomic mass is 35.5. The quantitative estimate of drug-likeness (QED) is 0.638. The molecule has 0 aliphatic heterocycles. The normalized spacial score (nSPS) is 13.4. The summed E-state index contributed by atoms with van der Waals surface area (Å²) in [6.07, 6.45) is 3.15. The van der Waals surface area contributed by atoms with E-state index in [4.69, 9.17) is 27.9 Å². The molecular weight excluding hydrogens is 373 g/mol. The molecule has 0 bridgehead atoms. The third-order valence-corrected chi connectivity index (χ3v) is 4.72. The highest BCUT2D eigenvalue weighted by Crippen LogP contribution is 2.29. The maximum atomic E-state index is 10.3. The van der Waals surface area contributed by atoms with Gasteiger partial charge in [0.15, 0.2) is 0 Å². The van der Waals surface area contributed by atoms with Gasteiger partial charge in [0.05, 0.1) is 12.6 Å². The fourth-order valence-electron chi connectivity index (χ4n) is 2.58. The Kier molecular flexibility index (Phi) is 6.14. The molecule has 7 heteroatoms. The zero-order chi connectivity index (χ0) is 18.5. The monoisotopic (exact) mass is 391 g/mol. The molecule has 2 aromatic carbocycles. The minimum atomic E-state index is -0.544. The summed E-state index contributed by atoms with van der Waals surface area (Å²) in [5.74, 6) is 1.35. The number of nitrogens with zero attached hydrogens (tertiary/aromatic N) is 3. The Morgan fingerprint density at radius 3 is 2.50 bits per heavy atom. The standard InChI is InChI=1S/C19H19Cl2N3O2/c1-13(19(25)10-24-12-22-11-23-24)8-14-2-5-17(9-18(14)21)26-16-6-3-15(20)4-7-16/h2-7,9,11-13,19,25H,8,10H2,1H3. The molecule has 0 aliphatic rings. The Balaban J connectivity index is 1.62. The maximum Gasteiger partial charge on any atom is 0.137 e. The Bertz CT molecular complexity index is 839.